The summed E-state index contributed by atoms with van der Waals surface area (Å²) >= 11 is 4.33. The number of aromatic nitrogens is 1. The van der Waals surface area contributed by atoms with E-state index in [2.05, 4.69) is 26.2 Å². The van der Waals surface area contributed by atoms with E-state index in [1.807, 2.05) is 0 Å². The van der Waals surface area contributed by atoms with E-state index in [1.54, 1.807) is 17.5 Å². The average Bonchev–Trinajstić information content (AvgIpc) is 2.77. The van der Waals surface area contributed by atoms with E-state index in [-0.39, 0.29) is 11.5 Å². The number of thiophene rings is 1. The summed E-state index contributed by atoms with van der Waals surface area (Å²) in [5.74, 6) is -1.44. The van der Waals surface area contributed by atoms with Gasteiger partial charge in [-0.05, 0) is 39.5 Å². The molecule has 0 aliphatic carbocycles. The van der Waals surface area contributed by atoms with Gasteiger partial charge in [-0.3, -0.25) is 4.79 Å². The van der Waals surface area contributed by atoms with Gasteiger partial charge in [0.1, 0.15) is 9.60 Å². The number of hydrogen-bond donors (Lipinski definition) is 2. The second kappa shape index (κ2) is 5.28. The van der Waals surface area contributed by atoms with Crippen molar-refractivity contribution in [1.82, 2.24) is 4.98 Å². The lowest BCUT2D eigenvalue weighted by atomic mass is 10.2. The molecule has 0 saturated carbocycles. The molecule has 18 heavy (non-hydrogen) atoms. The van der Waals surface area contributed by atoms with Crippen LogP contribution in [0.3, 0.4) is 0 Å². The number of carboxylic acid groups (broad SMARTS) is 1. The molecule has 2 aromatic heterocycles. The summed E-state index contributed by atoms with van der Waals surface area (Å²) in [5.41, 5.74) is 0.489. The SMILES string of the molecule is O=C(Nc1sccc1C(=O)O)c1ccnc(Br)c1. The number of aromatic carboxylic acids is 1. The van der Waals surface area contributed by atoms with Crippen molar-refractivity contribution in [2.24, 2.45) is 0 Å². The maximum Gasteiger partial charge on any atom is 0.338 e. The summed E-state index contributed by atoms with van der Waals surface area (Å²) in [6.07, 6.45) is 1.49. The number of anilines is 1. The Morgan fingerprint density at radius 1 is 1.39 bits per heavy atom. The lowest BCUT2D eigenvalue weighted by Gasteiger charge is -2.04. The number of carbonyl (C=O) groups excluding carboxylic acids is 1. The fourth-order valence-electron chi connectivity index (χ4n) is 1.29. The molecular weight excluding hydrogens is 320 g/mol. The number of nitrogens with one attached hydrogen (secondary N) is 1. The quantitative estimate of drug-likeness (QED) is 0.850. The number of hydrogen-bond acceptors (Lipinski definition) is 4. The Balaban J connectivity index is 2.21. The molecule has 5 nitrogen and oxygen atoms in total. The molecule has 2 rings (SSSR count). The van der Waals surface area contributed by atoms with Crippen molar-refractivity contribution in [2.75, 3.05) is 5.32 Å². The third-order valence-electron chi connectivity index (χ3n) is 2.11. The lowest BCUT2D eigenvalue weighted by Crippen LogP contribution is -2.13. The number of carbonyl (C=O) groups is 2. The number of pyridine rings is 1. The Kier molecular flexibility index (Phi) is 3.73. The van der Waals surface area contributed by atoms with Gasteiger partial charge < -0.3 is 10.4 Å². The second-order valence-electron chi connectivity index (χ2n) is 3.29. The second-order valence-corrected chi connectivity index (χ2v) is 5.02. The van der Waals surface area contributed by atoms with E-state index in [1.165, 1.54) is 12.3 Å². The number of amides is 1. The summed E-state index contributed by atoms with van der Waals surface area (Å²) in [7, 11) is 0. The van der Waals surface area contributed by atoms with Gasteiger partial charge in [0.05, 0.1) is 5.56 Å². The minimum atomic E-state index is -1.07. The largest absolute Gasteiger partial charge is 0.478 e. The van der Waals surface area contributed by atoms with Crippen LogP contribution in [0.25, 0.3) is 0 Å². The lowest BCUT2D eigenvalue weighted by molar-refractivity contribution is 0.0698. The van der Waals surface area contributed by atoms with Crippen molar-refractivity contribution >= 4 is 44.1 Å². The first kappa shape index (κ1) is 12.7. The van der Waals surface area contributed by atoms with Crippen LogP contribution in [0.15, 0.2) is 34.4 Å². The molecule has 0 aliphatic rings. The summed E-state index contributed by atoms with van der Waals surface area (Å²) in [6.45, 7) is 0. The van der Waals surface area contributed by atoms with Crippen molar-refractivity contribution < 1.29 is 14.7 Å². The molecule has 0 atom stereocenters. The van der Waals surface area contributed by atoms with Crippen molar-refractivity contribution in [2.45, 2.75) is 0 Å². The third kappa shape index (κ3) is 2.74. The van der Waals surface area contributed by atoms with Crippen LogP contribution >= 0.6 is 27.3 Å². The van der Waals surface area contributed by atoms with Gasteiger partial charge in [-0.1, -0.05) is 0 Å². The molecule has 0 bridgehead atoms. The zero-order valence-electron chi connectivity index (χ0n) is 8.88. The van der Waals surface area contributed by atoms with Crippen LogP contribution in [0.1, 0.15) is 20.7 Å². The van der Waals surface area contributed by atoms with Gasteiger partial charge in [0.25, 0.3) is 5.91 Å². The molecule has 7 heteroatoms. The topological polar surface area (TPSA) is 79.3 Å². The molecule has 0 saturated heterocycles. The van der Waals surface area contributed by atoms with Gasteiger partial charge in [-0.2, -0.15) is 0 Å². The molecule has 0 unspecified atom stereocenters. The van der Waals surface area contributed by atoms with E-state index in [9.17, 15) is 9.59 Å². The first-order valence-electron chi connectivity index (χ1n) is 4.81. The Labute approximate surface area is 115 Å². The number of halogens is 1. The standard InChI is InChI=1S/C11H7BrN2O3S/c12-8-5-6(1-3-13-8)9(15)14-10-7(11(16)17)2-4-18-10/h1-5H,(H,14,15)(H,16,17). The Bertz CT molecular complexity index is 612. The highest BCUT2D eigenvalue weighted by molar-refractivity contribution is 9.10. The first-order valence-corrected chi connectivity index (χ1v) is 6.49. The molecule has 2 N–H and O–H groups in total. The number of rotatable bonds is 3. The highest BCUT2D eigenvalue weighted by Gasteiger charge is 2.14. The summed E-state index contributed by atoms with van der Waals surface area (Å²) < 4.78 is 0.541. The van der Waals surface area contributed by atoms with Gasteiger partial charge in [-0.25, -0.2) is 9.78 Å². The highest BCUT2D eigenvalue weighted by atomic mass is 79.9. The molecule has 2 aromatic rings. The van der Waals surface area contributed by atoms with E-state index in [4.69, 9.17) is 5.11 Å². The normalized spacial score (nSPS) is 10.1. The molecule has 0 spiro atoms. The van der Waals surface area contributed by atoms with Crippen molar-refractivity contribution in [3.8, 4) is 0 Å². The van der Waals surface area contributed by atoms with Gasteiger partial charge >= 0.3 is 5.97 Å². The predicted molar refractivity (Wildman–Crippen MR) is 71.2 cm³/mol. The van der Waals surface area contributed by atoms with Crippen LogP contribution in [0.5, 0.6) is 0 Å². The molecule has 0 fully saturated rings. The maximum absolute atomic E-state index is 11.9. The molecule has 92 valence electrons. The van der Waals surface area contributed by atoms with Crippen molar-refractivity contribution in [3.63, 3.8) is 0 Å². The highest BCUT2D eigenvalue weighted by Crippen LogP contribution is 2.24. The smallest absolute Gasteiger partial charge is 0.338 e. The van der Waals surface area contributed by atoms with Crippen LogP contribution in [0, 0.1) is 0 Å². The fraction of sp³-hybridized carbons (Fsp3) is 0. The first-order chi connectivity index (χ1) is 8.58. The van der Waals surface area contributed by atoms with Crippen LogP contribution in [-0.4, -0.2) is 22.0 Å². The predicted octanol–water partition coefficient (Wildman–Crippen LogP) is 2.86. The number of carboxylic acids is 1. The zero-order chi connectivity index (χ0) is 13.1. The van der Waals surface area contributed by atoms with E-state index >= 15 is 0 Å². The molecule has 1 amide bonds. The number of nitrogens with zero attached hydrogens (tertiary/aromatic N) is 1. The van der Waals surface area contributed by atoms with Crippen molar-refractivity contribution in [3.05, 3.63) is 45.5 Å². The summed E-state index contributed by atoms with van der Waals surface area (Å²) in [4.78, 5) is 26.7. The minimum absolute atomic E-state index is 0.0847. The third-order valence-corrected chi connectivity index (χ3v) is 3.37. The molecule has 0 aromatic carbocycles. The van der Waals surface area contributed by atoms with E-state index in [0.717, 1.165) is 11.3 Å². The van der Waals surface area contributed by atoms with Gasteiger partial charge in [0.2, 0.25) is 0 Å². The fourth-order valence-corrected chi connectivity index (χ4v) is 2.43. The monoisotopic (exact) mass is 326 g/mol. The van der Waals surface area contributed by atoms with Gasteiger partial charge in [0, 0.05) is 11.8 Å². The molecule has 0 radical (unpaired) electrons. The maximum atomic E-state index is 11.9. The zero-order valence-corrected chi connectivity index (χ0v) is 11.3. The molecular formula is C11H7BrN2O3S. The Morgan fingerprint density at radius 3 is 2.83 bits per heavy atom. The van der Waals surface area contributed by atoms with Gasteiger partial charge in [0.15, 0.2) is 0 Å². The van der Waals surface area contributed by atoms with E-state index in [0.29, 0.717) is 15.2 Å². The summed E-state index contributed by atoms with van der Waals surface area (Å²) in [5, 5.41) is 13.4. The van der Waals surface area contributed by atoms with Crippen LogP contribution < -0.4 is 5.32 Å². The van der Waals surface area contributed by atoms with Crippen LogP contribution in [-0.2, 0) is 0 Å². The Hall–Kier alpha value is -1.73. The Morgan fingerprint density at radius 2 is 2.17 bits per heavy atom. The molecule has 2 heterocycles. The van der Waals surface area contributed by atoms with Crippen LogP contribution in [0.2, 0.25) is 0 Å². The average molecular weight is 327 g/mol. The van der Waals surface area contributed by atoms with Crippen molar-refractivity contribution in [1.29, 1.82) is 0 Å². The molecule has 0 aliphatic heterocycles. The van der Waals surface area contributed by atoms with Crippen LogP contribution in [0.4, 0.5) is 5.00 Å². The van der Waals surface area contributed by atoms with E-state index < -0.39 is 5.97 Å². The minimum Gasteiger partial charge on any atom is -0.478 e. The summed E-state index contributed by atoms with van der Waals surface area (Å²) in [6, 6.07) is 4.56. The van der Waals surface area contributed by atoms with Gasteiger partial charge in [-0.15, -0.1) is 11.3 Å².